The predicted molar refractivity (Wildman–Crippen MR) is 79.2 cm³/mol. The lowest BCUT2D eigenvalue weighted by molar-refractivity contribution is -0.137. The number of aliphatic hydroxyl groups excluding tert-OH is 1. The molecule has 3 rings (SSSR count). The maximum Gasteiger partial charge on any atom is 0.416 e. The van der Waals surface area contributed by atoms with E-state index in [0.717, 1.165) is 4.90 Å². The van der Waals surface area contributed by atoms with Crippen LogP contribution in [0.2, 0.25) is 0 Å². The van der Waals surface area contributed by atoms with Crippen molar-refractivity contribution in [3.8, 4) is 0 Å². The Kier molecular flexibility index (Phi) is 4.04. The summed E-state index contributed by atoms with van der Waals surface area (Å²) in [5.74, 6) is -1.95. The molecule has 0 bridgehead atoms. The van der Waals surface area contributed by atoms with Gasteiger partial charge in [-0.25, -0.2) is 4.39 Å². The van der Waals surface area contributed by atoms with E-state index in [9.17, 15) is 27.5 Å². The highest BCUT2D eigenvalue weighted by atomic mass is 19.4. The van der Waals surface area contributed by atoms with E-state index in [2.05, 4.69) is 0 Å². The second-order valence-corrected chi connectivity index (χ2v) is 5.59. The summed E-state index contributed by atoms with van der Waals surface area (Å²) in [6.07, 6.45) is -5.22. The molecule has 0 radical (unpaired) electrons. The van der Waals surface area contributed by atoms with E-state index in [4.69, 9.17) is 0 Å². The number of β-amino-alcohol motifs (C(OH)–C–C–N with tert-alkyl or cyclic N) is 1. The molecule has 126 valence electrons. The summed E-state index contributed by atoms with van der Waals surface area (Å²) in [5, 5.41) is 9.91. The van der Waals surface area contributed by atoms with Crippen LogP contribution < -0.4 is 4.90 Å². The highest BCUT2D eigenvalue weighted by Crippen LogP contribution is 2.32. The number of anilines is 1. The van der Waals surface area contributed by atoms with Crippen molar-refractivity contribution in [2.45, 2.75) is 18.7 Å². The van der Waals surface area contributed by atoms with Crippen LogP contribution in [-0.4, -0.2) is 23.7 Å². The van der Waals surface area contributed by atoms with Crippen LogP contribution in [0.1, 0.15) is 21.5 Å². The van der Waals surface area contributed by atoms with E-state index in [1.807, 2.05) is 0 Å². The van der Waals surface area contributed by atoms with Gasteiger partial charge in [-0.2, -0.15) is 13.2 Å². The normalized spacial score (nSPS) is 17.5. The van der Waals surface area contributed by atoms with Gasteiger partial charge in [0, 0.05) is 12.1 Å². The Morgan fingerprint density at radius 2 is 1.88 bits per heavy atom. The van der Waals surface area contributed by atoms with Gasteiger partial charge < -0.3 is 10.0 Å². The zero-order chi connectivity index (χ0) is 17.5. The summed E-state index contributed by atoms with van der Waals surface area (Å²) in [6, 6.07) is 8.43. The van der Waals surface area contributed by atoms with E-state index in [0.29, 0.717) is 35.9 Å². The highest BCUT2D eigenvalue weighted by molar-refractivity contribution is 6.07. The number of carbonyl (C=O) groups excluding carboxylic acids is 1. The maximum atomic E-state index is 14.0. The van der Waals surface area contributed by atoms with Gasteiger partial charge in [0.2, 0.25) is 0 Å². The minimum absolute atomic E-state index is 0.106. The van der Waals surface area contributed by atoms with E-state index >= 15 is 0 Å². The first-order valence-electron chi connectivity index (χ1n) is 7.22. The van der Waals surface area contributed by atoms with Crippen LogP contribution in [0.4, 0.5) is 23.2 Å². The molecule has 0 spiro atoms. The molecular formula is C17H13F4NO2. The molecule has 3 nitrogen and oxygen atoms in total. The highest BCUT2D eigenvalue weighted by Gasteiger charge is 2.34. The van der Waals surface area contributed by atoms with Gasteiger partial charge in [-0.3, -0.25) is 4.79 Å². The van der Waals surface area contributed by atoms with E-state index < -0.39 is 35.1 Å². The molecule has 1 aliphatic rings. The zero-order valence-electron chi connectivity index (χ0n) is 12.3. The molecule has 1 amide bonds. The Morgan fingerprint density at radius 3 is 2.58 bits per heavy atom. The molecule has 2 aromatic rings. The van der Waals surface area contributed by atoms with Gasteiger partial charge in [-0.15, -0.1) is 0 Å². The van der Waals surface area contributed by atoms with Crippen LogP contribution in [0.25, 0.3) is 0 Å². The third-order valence-electron chi connectivity index (χ3n) is 3.90. The van der Waals surface area contributed by atoms with Gasteiger partial charge in [0.25, 0.3) is 5.91 Å². The zero-order valence-corrected chi connectivity index (χ0v) is 12.3. The molecule has 1 N–H and O–H groups in total. The second kappa shape index (κ2) is 5.90. The summed E-state index contributed by atoms with van der Waals surface area (Å²) < 4.78 is 52.4. The van der Waals surface area contributed by atoms with Crippen LogP contribution in [0.15, 0.2) is 42.5 Å². The van der Waals surface area contributed by atoms with Gasteiger partial charge in [0.1, 0.15) is 5.82 Å². The first kappa shape index (κ1) is 16.4. The SMILES string of the molecule is O=C(c1cc(C(F)(F)F)ccc1F)N1CC(O)Cc2ccccc21. The standard InChI is InChI=1S/C17H13F4NO2/c18-14-6-5-11(17(19,20)21)8-13(14)16(24)22-9-12(23)7-10-3-1-2-4-15(10)22/h1-6,8,12,23H,7,9H2. The first-order valence-corrected chi connectivity index (χ1v) is 7.22. The number of fused-ring (bicyclic) bond motifs is 1. The molecule has 0 saturated heterocycles. The Balaban J connectivity index is 2.04. The Labute approximate surface area is 135 Å². The number of alkyl halides is 3. The lowest BCUT2D eigenvalue weighted by Crippen LogP contribution is -2.42. The molecule has 1 unspecified atom stereocenters. The quantitative estimate of drug-likeness (QED) is 0.809. The minimum atomic E-state index is -4.68. The molecule has 0 aromatic heterocycles. The summed E-state index contributed by atoms with van der Waals surface area (Å²) in [5.41, 5.74) is -0.631. The first-order chi connectivity index (χ1) is 11.3. The van der Waals surface area contributed by atoms with Crippen molar-refractivity contribution in [3.63, 3.8) is 0 Å². The second-order valence-electron chi connectivity index (χ2n) is 5.59. The van der Waals surface area contributed by atoms with E-state index in [1.165, 1.54) is 0 Å². The van der Waals surface area contributed by atoms with Crippen molar-refractivity contribution in [3.05, 3.63) is 65.0 Å². The number of carbonyl (C=O) groups is 1. The van der Waals surface area contributed by atoms with Crippen molar-refractivity contribution >= 4 is 11.6 Å². The smallest absolute Gasteiger partial charge is 0.391 e. The Bertz CT molecular complexity index is 788. The fraction of sp³-hybridized carbons (Fsp3) is 0.235. The third-order valence-corrected chi connectivity index (χ3v) is 3.90. The minimum Gasteiger partial charge on any atom is -0.391 e. The average molecular weight is 339 g/mol. The fourth-order valence-electron chi connectivity index (χ4n) is 2.78. The fourth-order valence-corrected chi connectivity index (χ4v) is 2.78. The number of nitrogens with zero attached hydrogens (tertiary/aromatic N) is 1. The monoisotopic (exact) mass is 339 g/mol. The number of rotatable bonds is 1. The van der Waals surface area contributed by atoms with E-state index in [1.54, 1.807) is 24.3 Å². The Morgan fingerprint density at radius 1 is 1.17 bits per heavy atom. The van der Waals surface area contributed by atoms with E-state index in [-0.39, 0.29) is 6.54 Å². The lowest BCUT2D eigenvalue weighted by atomic mass is 9.98. The number of para-hydroxylation sites is 1. The topological polar surface area (TPSA) is 40.5 Å². The maximum absolute atomic E-state index is 14.0. The molecular weight excluding hydrogens is 326 g/mol. The number of halogens is 4. The molecule has 2 aromatic carbocycles. The average Bonchev–Trinajstić information content (AvgIpc) is 2.52. The van der Waals surface area contributed by atoms with Crippen LogP contribution in [0, 0.1) is 5.82 Å². The van der Waals surface area contributed by atoms with Crippen LogP contribution in [0.3, 0.4) is 0 Å². The van der Waals surface area contributed by atoms with Gasteiger partial charge >= 0.3 is 6.18 Å². The van der Waals surface area contributed by atoms with Crippen LogP contribution in [-0.2, 0) is 12.6 Å². The van der Waals surface area contributed by atoms with Crippen molar-refractivity contribution in [2.75, 3.05) is 11.4 Å². The number of aliphatic hydroxyl groups is 1. The van der Waals surface area contributed by atoms with Crippen molar-refractivity contribution in [2.24, 2.45) is 0 Å². The van der Waals surface area contributed by atoms with Crippen LogP contribution >= 0.6 is 0 Å². The van der Waals surface area contributed by atoms with Crippen molar-refractivity contribution < 1.29 is 27.5 Å². The van der Waals surface area contributed by atoms with Crippen LogP contribution in [0.5, 0.6) is 0 Å². The number of benzene rings is 2. The molecule has 24 heavy (non-hydrogen) atoms. The molecule has 7 heteroatoms. The summed E-state index contributed by atoms with van der Waals surface area (Å²) in [7, 11) is 0. The summed E-state index contributed by atoms with van der Waals surface area (Å²) in [6.45, 7) is -0.106. The molecule has 0 saturated carbocycles. The van der Waals surface area contributed by atoms with Gasteiger partial charge in [0.05, 0.1) is 23.8 Å². The summed E-state index contributed by atoms with van der Waals surface area (Å²) >= 11 is 0. The largest absolute Gasteiger partial charge is 0.416 e. The van der Waals surface area contributed by atoms with Gasteiger partial charge in [-0.05, 0) is 29.8 Å². The summed E-state index contributed by atoms with van der Waals surface area (Å²) in [4.78, 5) is 13.7. The predicted octanol–water partition coefficient (Wildman–Crippen LogP) is 3.41. The molecule has 1 aliphatic heterocycles. The Hall–Kier alpha value is -2.41. The molecule has 0 fully saturated rings. The number of amides is 1. The molecule has 1 atom stereocenters. The van der Waals surface area contributed by atoms with Gasteiger partial charge in [-0.1, -0.05) is 18.2 Å². The molecule has 1 heterocycles. The van der Waals surface area contributed by atoms with Gasteiger partial charge in [0.15, 0.2) is 0 Å². The lowest BCUT2D eigenvalue weighted by Gasteiger charge is -2.32. The number of hydrogen-bond acceptors (Lipinski definition) is 2. The van der Waals surface area contributed by atoms with Crippen molar-refractivity contribution in [1.82, 2.24) is 0 Å². The molecule has 0 aliphatic carbocycles. The third kappa shape index (κ3) is 2.99. The number of hydrogen-bond donors (Lipinski definition) is 1. The van der Waals surface area contributed by atoms with Crippen molar-refractivity contribution in [1.29, 1.82) is 0 Å².